The predicted octanol–water partition coefficient (Wildman–Crippen LogP) is 3.52. The fourth-order valence-corrected chi connectivity index (χ4v) is 2.33. The van der Waals surface area contributed by atoms with Crippen molar-refractivity contribution in [2.24, 2.45) is 7.05 Å². The molecule has 3 aromatic rings. The van der Waals surface area contributed by atoms with Crippen LogP contribution in [0.3, 0.4) is 0 Å². The number of nitrogens with two attached hydrogens (primary N) is 1. The molecule has 1 aromatic carbocycles. The second-order valence-corrected chi connectivity index (χ2v) is 5.01. The number of aromatic nitrogens is 3. The molecule has 0 aliphatic carbocycles. The number of pyridine rings is 1. The van der Waals surface area contributed by atoms with Crippen LogP contribution in [0.4, 0.5) is 10.2 Å². The lowest BCUT2D eigenvalue weighted by molar-refractivity contribution is 0.630. The molecule has 0 aliphatic heterocycles. The van der Waals surface area contributed by atoms with Crippen molar-refractivity contribution in [1.29, 1.82) is 0 Å². The topological polar surface area (TPSA) is 56.7 Å². The first kappa shape index (κ1) is 13.6. The number of hydrogen-bond donors (Lipinski definition) is 1. The summed E-state index contributed by atoms with van der Waals surface area (Å²) >= 11 is 5.80. The van der Waals surface area contributed by atoms with Gasteiger partial charge >= 0.3 is 0 Å². The van der Waals surface area contributed by atoms with E-state index in [0.717, 1.165) is 0 Å². The van der Waals surface area contributed by atoms with E-state index in [2.05, 4.69) is 10.1 Å². The molecule has 4 nitrogen and oxygen atoms in total. The van der Waals surface area contributed by atoms with E-state index < -0.39 is 5.82 Å². The molecular formula is C15H12ClFN4. The standard InChI is InChI=1S/C15H12ClFN4/c1-21-15(18)13(12-4-2-3-7-19-12)14(20-21)10-6-5-9(16)8-11(10)17/h2-8H,18H2,1H3. The van der Waals surface area contributed by atoms with Crippen molar-refractivity contribution in [2.45, 2.75) is 0 Å². The Bertz CT molecular complexity index is 799. The summed E-state index contributed by atoms with van der Waals surface area (Å²) in [6.45, 7) is 0. The van der Waals surface area contributed by atoms with Crippen molar-refractivity contribution < 1.29 is 4.39 Å². The van der Waals surface area contributed by atoms with Crippen LogP contribution in [0.1, 0.15) is 0 Å². The number of hydrogen-bond acceptors (Lipinski definition) is 3. The Hall–Kier alpha value is -2.40. The van der Waals surface area contributed by atoms with Crippen LogP contribution in [0, 0.1) is 5.82 Å². The molecule has 3 rings (SSSR count). The van der Waals surface area contributed by atoms with Gasteiger partial charge in [0.1, 0.15) is 17.3 Å². The summed E-state index contributed by atoms with van der Waals surface area (Å²) in [5, 5.41) is 4.65. The number of aryl methyl sites for hydroxylation is 1. The third-order valence-corrected chi connectivity index (χ3v) is 3.43. The molecule has 0 amide bonds. The van der Waals surface area contributed by atoms with Crippen LogP contribution < -0.4 is 5.73 Å². The molecule has 2 heterocycles. The van der Waals surface area contributed by atoms with Crippen molar-refractivity contribution in [2.75, 3.05) is 5.73 Å². The molecule has 0 radical (unpaired) electrons. The van der Waals surface area contributed by atoms with Crippen LogP contribution in [0.25, 0.3) is 22.5 Å². The number of rotatable bonds is 2. The Kier molecular flexibility index (Phi) is 3.35. The lowest BCUT2D eigenvalue weighted by Gasteiger charge is -2.05. The van der Waals surface area contributed by atoms with Gasteiger partial charge in [0, 0.05) is 23.8 Å². The summed E-state index contributed by atoms with van der Waals surface area (Å²) in [4.78, 5) is 4.27. The van der Waals surface area contributed by atoms with E-state index >= 15 is 0 Å². The van der Waals surface area contributed by atoms with E-state index in [1.165, 1.54) is 10.7 Å². The van der Waals surface area contributed by atoms with E-state index in [1.54, 1.807) is 31.4 Å². The van der Waals surface area contributed by atoms with Gasteiger partial charge in [-0.05, 0) is 30.3 Å². The van der Waals surface area contributed by atoms with Gasteiger partial charge in [-0.2, -0.15) is 5.10 Å². The smallest absolute Gasteiger partial charge is 0.134 e. The Morgan fingerprint density at radius 2 is 2.05 bits per heavy atom. The monoisotopic (exact) mass is 302 g/mol. The maximum Gasteiger partial charge on any atom is 0.134 e. The summed E-state index contributed by atoms with van der Waals surface area (Å²) in [7, 11) is 1.71. The maximum atomic E-state index is 14.2. The Morgan fingerprint density at radius 1 is 1.24 bits per heavy atom. The molecule has 0 atom stereocenters. The fourth-order valence-electron chi connectivity index (χ4n) is 2.17. The van der Waals surface area contributed by atoms with E-state index in [1.807, 2.05) is 12.1 Å². The summed E-state index contributed by atoms with van der Waals surface area (Å²) in [5.41, 5.74) is 8.11. The zero-order valence-corrected chi connectivity index (χ0v) is 12.0. The first-order valence-corrected chi connectivity index (χ1v) is 6.65. The van der Waals surface area contributed by atoms with Gasteiger partial charge in [-0.25, -0.2) is 4.39 Å². The minimum Gasteiger partial charge on any atom is -0.383 e. The normalized spacial score (nSPS) is 10.8. The van der Waals surface area contributed by atoms with E-state index in [-0.39, 0.29) is 0 Å². The molecule has 21 heavy (non-hydrogen) atoms. The Balaban J connectivity index is 2.27. The second kappa shape index (κ2) is 5.18. The highest BCUT2D eigenvalue weighted by molar-refractivity contribution is 6.30. The molecule has 2 N–H and O–H groups in total. The highest BCUT2D eigenvalue weighted by Gasteiger charge is 2.20. The second-order valence-electron chi connectivity index (χ2n) is 4.57. The number of halogens is 2. The van der Waals surface area contributed by atoms with E-state index in [0.29, 0.717) is 33.4 Å². The molecule has 0 bridgehead atoms. The number of nitrogens with zero attached hydrogens (tertiary/aromatic N) is 3. The fraction of sp³-hybridized carbons (Fsp3) is 0.0667. The minimum absolute atomic E-state index is 0.333. The van der Waals surface area contributed by atoms with Gasteiger partial charge in [0.05, 0.1) is 11.3 Å². The van der Waals surface area contributed by atoms with Crippen molar-refractivity contribution in [3.63, 3.8) is 0 Å². The average molecular weight is 303 g/mol. The molecule has 106 valence electrons. The first-order chi connectivity index (χ1) is 10.1. The largest absolute Gasteiger partial charge is 0.383 e. The number of benzene rings is 1. The van der Waals surface area contributed by atoms with Crippen molar-refractivity contribution in [3.8, 4) is 22.5 Å². The molecule has 2 aromatic heterocycles. The van der Waals surface area contributed by atoms with Crippen LogP contribution in [0.15, 0.2) is 42.6 Å². The molecular weight excluding hydrogens is 291 g/mol. The summed E-state index contributed by atoms with van der Waals surface area (Å²) in [5.74, 6) is -0.0177. The molecule has 0 fully saturated rings. The number of nitrogen functional groups attached to an aromatic ring is 1. The minimum atomic E-state index is -0.446. The lowest BCUT2D eigenvalue weighted by Crippen LogP contribution is -1.98. The van der Waals surface area contributed by atoms with Crippen LogP contribution in [0.5, 0.6) is 0 Å². The maximum absolute atomic E-state index is 14.2. The van der Waals surface area contributed by atoms with Gasteiger partial charge in [0.2, 0.25) is 0 Å². The molecule has 0 unspecified atom stereocenters. The van der Waals surface area contributed by atoms with E-state index in [4.69, 9.17) is 17.3 Å². The van der Waals surface area contributed by atoms with Gasteiger partial charge in [-0.15, -0.1) is 0 Å². The average Bonchev–Trinajstić information content (AvgIpc) is 2.75. The van der Waals surface area contributed by atoms with Gasteiger partial charge in [0.25, 0.3) is 0 Å². The van der Waals surface area contributed by atoms with Gasteiger partial charge in [-0.1, -0.05) is 17.7 Å². The summed E-state index contributed by atoms with van der Waals surface area (Å²) in [6.07, 6.45) is 1.66. The quantitative estimate of drug-likeness (QED) is 0.788. The van der Waals surface area contributed by atoms with Gasteiger partial charge in [-0.3, -0.25) is 9.67 Å². The summed E-state index contributed by atoms with van der Waals surface area (Å²) in [6, 6.07) is 9.92. The van der Waals surface area contributed by atoms with Crippen molar-refractivity contribution in [3.05, 3.63) is 53.4 Å². The van der Waals surface area contributed by atoms with Gasteiger partial charge < -0.3 is 5.73 Å². The summed E-state index contributed by atoms with van der Waals surface area (Å²) < 4.78 is 15.7. The Morgan fingerprint density at radius 3 is 2.71 bits per heavy atom. The zero-order chi connectivity index (χ0) is 15.0. The van der Waals surface area contributed by atoms with Gasteiger partial charge in [0.15, 0.2) is 0 Å². The highest BCUT2D eigenvalue weighted by atomic mass is 35.5. The SMILES string of the molecule is Cn1nc(-c2ccc(Cl)cc2F)c(-c2ccccn2)c1N. The van der Waals surface area contributed by atoms with Crippen molar-refractivity contribution >= 4 is 17.4 Å². The number of anilines is 1. The van der Waals surface area contributed by atoms with Crippen molar-refractivity contribution in [1.82, 2.24) is 14.8 Å². The highest BCUT2D eigenvalue weighted by Crippen LogP contribution is 2.36. The molecule has 6 heteroatoms. The lowest BCUT2D eigenvalue weighted by atomic mass is 10.0. The first-order valence-electron chi connectivity index (χ1n) is 6.27. The van der Waals surface area contributed by atoms with Crippen LogP contribution in [0.2, 0.25) is 5.02 Å². The van der Waals surface area contributed by atoms with Crippen LogP contribution in [-0.4, -0.2) is 14.8 Å². The third-order valence-electron chi connectivity index (χ3n) is 3.20. The molecule has 0 spiro atoms. The van der Waals surface area contributed by atoms with Crippen LogP contribution >= 0.6 is 11.6 Å². The molecule has 0 saturated heterocycles. The Labute approximate surface area is 126 Å². The van der Waals surface area contributed by atoms with Crippen LogP contribution in [-0.2, 0) is 7.05 Å². The molecule has 0 aliphatic rings. The zero-order valence-electron chi connectivity index (χ0n) is 11.2. The van der Waals surface area contributed by atoms with E-state index in [9.17, 15) is 4.39 Å². The predicted molar refractivity (Wildman–Crippen MR) is 81.3 cm³/mol. The third kappa shape index (κ3) is 2.36. The molecule has 0 saturated carbocycles.